The maximum absolute atomic E-state index is 11.1. The monoisotopic (exact) mass is 286 g/mol. The predicted molar refractivity (Wildman–Crippen MR) is 77.2 cm³/mol. The van der Waals surface area contributed by atoms with E-state index in [9.17, 15) is 4.79 Å². The van der Waals surface area contributed by atoms with Crippen molar-refractivity contribution in [2.24, 2.45) is 0 Å². The summed E-state index contributed by atoms with van der Waals surface area (Å²) in [5.41, 5.74) is 0.907. The highest BCUT2D eigenvalue weighted by Crippen LogP contribution is 2.22. The van der Waals surface area contributed by atoms with Gasteiger partial charge in [-0.25, -0.2) is 4.79 Å². The number of carbonyl (C=O) groups is 1. The maximum Gasteiger partial charge on any atom is 0.339 e. The average molecular weight is 287 g/mol. The number of rotatable bonds is 3. The Morgan fingerprint density at radius 1 is 1.20 bits per heavy atom. The molecule has 2 aromatic carbocycles. The van der Waals surface area contributed by atoms with Gasteiger partial charge >= 0.3 is 5.97 Å². The van der Waals surface area contributed by atoms with E-state index in [0.717, 1.165) is 5.56 Å². The van der Waals surface area contributed by atoms with Gasteiger partial charge in [0.05, 0.1) is 0 Å². The molecule has 0 aromatic heterocycles. The molecule has 2 rings (SSSR count). The van der Waals surface area contributed by atoms with Gasteiger partial charge in [-0.1, -0.05) is 41.6 Å². The number of hydrogen-bond donors (Lipinski definition) is 1. The normalized spacial score (nSPS) is 9.45. The summed E-state index contributed by atoms with van der Waals surface area (Å²) in [7, 11) is 0. The van der Waals surface area contributed by atoms with Crippen LogP contribution in [0.1, 0.15) is 15.9 Å². The van der Waals surface area contributed by atoms with Gasteiger partial charge in [-0.2, -0.15) is 0 Å². The molecule has 0 saturated carbocycles. The molecule has 100 valence electrons. The summed E-state index contributed by atoms with van der Waals surface area (Å²) in [6.07, 6.45) is 0. The summed E-state index contributed by atoms with van der Waals surface area (Å²) in [6, 6.07) is 13.9. The zero-order valence-corrected chi connectivity index (χ0v) is 11.2. The minimum Gasteiger partial charge on any atom is -0.480 e. The SMILES string of the molecule is O=C(O)c1cc(Cl)ccc1OCC#Cc1ccccc1. The van der Waals surface area contributed by atoms with Crippen LogP contribution in [0.25, 0.3) is 0 Å². The quantitative estimate of drug-likeness (QED) is 0.879. The van der Waals surface area contributed by atoms with E-state index in [4.69, 9.17) is 21.4 Å². The molecule has 0 aliphatic heterocycles. The Balaban J connectivity index is 2.05. The molecule has 0 fully saturated rings. The highest BCUT2D eigenvalue weighted by molar-refractivity contribution is 6.31. The standard InChI is InChI=1S/C16H11ClO3/c17-13-8-9-15(14(11-13)16(18)19)20-10-4-7-12-5-2-1-3-6-12/h1-3,5-6,8-9,11H,10H2,(H,18,19). The van der Waals surface area contributed by atoms with Crippen molar-refractivity contribution in [1.29, 1.82) is 0 Å². The highest BCUT2D eigenvalue weighted by Gasteiger charge is 2.11. The van der Waals surface area contributed by atoms with Crippen molar-refractivity contribution in [3.05, 3.63) is 64.7 Å². The number of hydrogen-bond acceptors (Lipinski definition) is 2. The van der Waals surface area contributed by atoms with Crippen LogP contribution < -0.4 is 4.74 Å². The van der Waals surface area contributed by atoms with Crippen molar-refractivity contribution in [1.82, 2.24) is 0 Å². The van der Waals surface area contributed by atoms with Gasteiger partial charge in [-0.15, -0.1) is 0 Å². The molecule has 0 heterocycles. The first-order valence-electron chi connectivity index (χ1n) is 5.86. The van der Waals surface area contributed by atoms with Crippen molar-refractivity contribution in [2.75, 3.05) is 6.61 Å². The summed E-state index contributed by atoms with van der Waals surface area (Å²) < 4.78 is 5.36. The third-order valence-electron chi connectivity index (χ3n) is 2.48. The van der Waals surface area contributed by atoms with E-state index in [-0.39, 0.29) is 17.9 Å². The van der Waals surface area contributed by atoms with Crippen LogP contribution in [0.4, 0.5) is 0 Å². The molecule has 4 heteroatoms. The Hall–Kier alpha value is -2.44. The second kappa shape index (κ2) is 6.65. The van der Waals surface area contributed by atoms with E-state index in [1.54, 1.807) is 6.07 Å². The first-order chi connectivity index (χ1) is 9.66. The Morgan fingerprint density at radius 2 is 1.95 bits per heavy atom. The van der Waals surface area contributed by atoms with Crippen LogP contribution >= 0.6 is 11.6 Å². The van der Waals surface area contributed by atoms with E-state index >= 15 is 0 Å². The Kier molecular flexibility index (Phi) is 4.65. The molecule has 2 aromatic rings. The van der Waals surface area contributed by atoms with Gasteiger partial charge in [-0.05, 0) is 30.3 Å². The average Bonchev–Trinajstić information content (AvgIpc) is 2.45. The number of benzene rings is 2. The molecule has 0 spiro atoms. The lowest BCUT2D eigenvalue weighted by molar-refractivity contribution is 0.0693. The first-order valence-corrected chi connectivity index (χ1v) is 6.24. The topological polar surface area (TPSA) is 46.5 Å². The van der Waals surface area contributed by atoms with Crippen LogP contribution in [0.2, 0.25) is 5.02 Å². The number of carboxylic acids is 1. The number of aromatic carboxylic acids is 1. The molecule has 3 nitrogen and oxygen atoms in total. The zero-order valence-electron chi connectivity index (χ0n) is 10.5. The van der Waals surface area contributed by atoms with Gasteiger partial charge < -0.3 is 9.84 Å². The lowest BCUT2D eigenvalue weighted by Crippen LogP contribution is -2.03. The van der Waals surface area contributed by atoms with Crippen LogP contribution in [-0.4, -0.2) is 17.7 Å². The molecule has 0 atom stereocenters. The van der Waals surface area contributed by atoms with Crippen molar-refractivity contribution < 1.29 is 14.6 Å². The first kappa shape index (κ1) is 14.0. The molecule has 0 aliphatic rings. The molecule has 0 amide bonds. The molecule has 0 radical (unpaired) electrons. The van der Waals surface area contributed by atoms with E-state index < -0.39 is 5.97 Å². The van der Waals surface area contributed by atoms with Crippen LogP contribution in [-0.2, 0) is 0 Å². The fraction of sp³-hybridized carbons (Fsp3) is 0.0625. The minimum absolute atomic E-state index is 0.0269. The largest absolute Gasteiger partial charge is 0.480 e. The van der Waals surface area contributed by atoms with Crippen LogP contribution in [0.15, 0.2) is 48.5 Å². The summed E-state index contributed by atoms with van der Waals surface area (Å²) >= 11 is 5.76. The Morgan fingerprint density at radius 3 is 2.65 bits per heavy atom. The summed E-state index contributed by atoms with van der Waals surface area (Å²) in [6.45, 7) is 0.108. The highest BCUT2D eigenvalue weighted by atomic mass is 35.5. The third kappa shape index (κ3) is 3.78. The molecular formula is C16H11ClO3. The van der Waals surface area contributed by atoms with Gasteiger partial charge in [0, 0.05) is 10.6 Å². The molecule has 1 N–H and O–H groups in total. The Bertz CT molecular complexity index is 669. The second-order valence-electron chi connectivity index (χ2n) is 3.90. The molecule has 0 unspecified atom stereocenters. The van der Waals surface area contributed by atoms with Crippen LogP contribution in [0.3, 0.4) is 0 Å². The summed E-state index contributed by atoms with van der Waals surface area (Å²) in [5.74, 6) is 4.93. The predicted octanol–water partition coefficient (Wildman–Crippen LogP) is 3.47. The van der Waals surface area contributed by atoms with E-state index in [0.29, 0.717) is 5.02 Å². The van der Waals surface area contributed by atoms with Gasteiger partial charge in [0.25, 0.3) is 0 Å². The van der Waals surface area contributed by atoms with Gasteiger partial charge in [-0.3, -0.25) is 0 Å². The molecule has 20 heavy (non-hydrogen) atoms. The van der Waals surface area contributed by atoms with Gasteiger partial charge in [0.15, 0.2) is 0 Å². The second-order valence-corrected chi connectivity index (χ2v) is 4.34. The molecule has 0 aliphatic carbocycles. The molecular weight excluding hydrogens is 276 g/mol. The van der Waals surface area contributed by atoms with E-state index in [1.807, 2.05) is 30.3 Å². The number of carboxylic acid groups (broad SMARTS) is 1. The fourth-order valence-electron chi connectivity index (χ4n) is 1.57. The smallest absolute Gasteiger partial charge is 0.339 e. The van der Waals surface area contributed by atoms with Crippen LogP contribution in [0.5, 0.6) is 5.75 Å². The lowest BCUT2D eigenvalue weighted by atomic mass is 10.2. The minimum atomic E-state index is -1.08. The fourth-order valence-corrected chi connectivity index (χ4v) is 1.74. The van der Waals surface area contributed by atoms with Crippen molar-refractivity contribution in [3.8, 4) is 17.6 Å². The van der Waals surface area contributed by atoms with Crippen LogP contribution in [0, 0.1) is 11.8 Å². The van der Waals surface area contributed by atoms with Gasteiger partial charge in [0.2, 0.25) is 0 Å². The summed E-state index contributed by atoms with van der Waals surface area (Å²) in [4.78, 5) is 11.1. The Labute approximate surface area is 121 Å². The number of ether oxygens (including phenoxy) is 1. The van der Waals surface area contributed by atoms with E-state index in [2.05, 4.69) is 11.8 Å². The third-order valence-corrected chi connectivity index (χ3v) is 2.71. The van der Waals surface area contributed by atoms with Crippen molar-refractivity contribution in [3.63, 3.8) is 0 Å². The van der Waals surface area contributed by atoms with Crippen molar-refractivity contribution in [2.45, 2.75) is 0 Å². The summed E-state index contributed by atoms with van der Waals surface area (Å²) in [5, 5.41) is 9.40. The maximum atomic E-state index is 11.1. The molecule has 0 saturated heterocycles. The lowest BCUT2D eigenvalue weighted by Gasteiger charge is -2.06. The van der Waals surface area contributed by atoms with E-state index in [1.165, 1.54) is 12.1 Å². The molecule has 0 bridgehead atoms. The van der Waals surface area contributed by atoms with Crippen molar-refractivity contribution >= 4 is 17.6 Å². The van der Waals surface area contributed by atoms with Gasteiger partial charge in [0.1, 0.15) is 17.9 Å². The number of halogens is 1. The zero-order chi connectivity index (χ0) is 14.4.